The summed E-state index contributed by atoms with van der Waals surface area (Å²) >= 11 is 0. The van der Waals surface area contributed by atoms with Gasteiger partial charge in [-0.1, -0.05) is 176 Å². The molecule has 12 rings (SSSR count). The second kappa shape index (κ2) is 11.9. The van der Waals surface area contributed by atoms with E-state index in [4.69, 9.17) is 0 Å². The molecule has 0 aromatic heterocycles. The van der Waals surface area contributed by atoms with Gasteiger partial charge < -0.3 is 4.90 Å². The van der Waals surface area contributed by atoms with Crippen LogP contribution in [0.4, 0.5) is 17.1 Å². The van der Waals surface area contributed by atoms with Crippen LogP contribution >= 0.6 is 0 Å². The second-order valence-corrected chi connectivity index (χ2v) is 15.2. The highest BCUT2D eigenvalue weighted by Gasteiger charge is 2.51. The van der Waals surface area contributed by atoms with Gasteiger partial charge in [0.15, 0.2) is 0 Å². The molecular weight excluding hydrogens is 675 g/mol. The molecule has 0 saturated carbocycles. The van der Waals surface area contributed by atoms with Crippen LogP contribution in [-0.4, -0.2) is 0 Å². The first kappa shape index (κ1) is 31.2. The van der Waals surface area contributed by atoms with Crippen molar-refractivity contribution in [1.29, 1.82) is 0 Å². The van der Waals surface area contributed by atoms with Gasteiger partial charge in [-0.2, -0.15) is 0 Å². The minimum Gasteiger partial charge on any atom is -0.310 e. The Morgan fingerprint density at radius 3 is 1.32 bits per heavy atom. The Balaban J connectivity index is 1.03. The zero-order valence-electron chi connectivity index (χ0n) is 30.7. The van der Waals surface area contributed by atoms with E-state index in [1.165, 1.54) is 88.0 Å². The standard InChI is InChI=1S/C55H35N/c1-2-15-37(16-3-1)56(39-33-34-45-43-19-5-4-17-41(43)42-18-6-7-20-44(42)49(45)35-39)38-31-29-36(30-32-38)40-24-14-28-53-54(40)48-23-10-13-27-52(48)55(53)50-25-11-8-21-46(50)47-22-9-12-26-51(47)55/h1-35H. The van der Waals surface area contributed by atoms with Crippen LogP contribution in [0, 0.1) is 0 Å². The maximum atomic E-state index is 2.39. The maximum Gasteiger partial charge on any atom is 0.0725 e. The number of hydrogen-bond acceptors (Lipinski definition) is 1. The summed E-state index contributed by atoms with van der Waals surface area (Å²) in [5.74, 6) is 0. The molecule has 10 aromatic carbocycles. The summed E-state index contributed by atoms with van der Waals surface area (Å²) < 4.78 is 0. The third-order valence-electron chi connectivity index (χ3n) is 12.5. The number of fused-ring (bicyclic) bond motifs is 16. The van der Waals surface area contributed by atoms with E-state index in [2.05, 4.69) is 217 Å². The van der Waals surface area contributed by atoms with E-state index in [9.17, 15) is 0 Å². The fourth-order valence-electron chi connectivity index (χ4n) is 10.2. The Hall–Kier alpha value is -7.22. The Bertz CT molecular complexity index is 3110. The molecule has 1 spiro atoms. The molecule has 1 heteroatoms. The van der Waals surface area contributed by atoms with Crippen molar-refractivity contribution in [3.05, 3.63) is 235 Å². The molecule has 0 aliphatic heterocycles. The minimum absolute atomic E-state index is 0.356. The van der Waals surface area contributed by atoms with Gasteiger partial charge in [-0.15, -0.1) is 0 Å². The molecule has 0 fully saturated rings. The third-order valence-corrected chi connectivity index (χ3v) is 12.5. The Labute approximate surface area is 326 Å². The highest BCUT2D eigenvalue weighted by Crippen LogP contribution is 2.64. The Morgan fingerprint density at radius 1 is 0.268 bits per heavy atom. The first-order chi connectivity index (χ1) is 27.8. The lowest BCUT2D eigenvalue weighted by atomic mass is 9.70. The van der Waals surface area contributed by atoms with Gasteiger partial charge in [0.25, 0.3) is 0 Å². The summed E-state index contributed by atoms with van der Waals surface area (Å²) in [7, 11) is 0. The normalized spacial score (nSPS) is 13.1. The van der Waals surface area contributed by atoms with Crippen molar-refractivity contribution in [3.63, 3.8) is 0 Å². The molecule has 0 amide bonds. The zero-order valence-corrected chi connectivity index (χ0v) is 30.7. The first-order valence-electron chi connectivity index (χ1n) is 19.5. The van der Waals surface area contributed by atoms with Crippen molar-refractivity contribution in [2.24, 2.45) is 0 Å². The van der Waals surface area contributed by atoms with Gasteiger partial charge in [0, 0.05) is 17.1 Å². The fraction of sp³-hybridized carbons (Fsp3) is 0.0182. The van der Waals surface area contributed by atoms with E-state index in [1.807, 2.05) is 0 Å². The molecule has 2 aliphatic carbocycles. The molecule has 0 N–H and O–H groups in total. The van der Waals surface area contributed by atoms with E-state index < -0.39 is 0 Å². The van der Waals surface area contributed by atoms with Crippen LogP contribution in [0.1, 0.15) is 22.3 Å². The molecule has 0 unspecified atom stereocenters. The largest absolute Gasteiger partial charge is 0.310 e. The number of rotatable bonds is 4. The lowest BCUT2D eigenvalue weighted by Crippen LogP contribution is -2.25. The van der Waals surface area contributed by atoms with Gasteiger partial charge in [-0.25, -0.2) is 0 Å². The minimum atomic E-state index is -0.356. The maximum absolute atomic E-state index is 2.39. The predicted octanol–water partition coefficient (Wildman–Crippen LogP) is 14.6. The highest BCUT2D eigenvalue weighted by molar-refractivity contribution is 6.25. The Kier molecular flexibility index (Phi) is 6.62. The number of nitrogens with zero attached hydrogens (tertiary/aromatic N) is 1. The van der Waals surface area contributed by atoms with Crippen LogP contribution < -0.4 is 4.90 Å². The SMILES string of the molecule is c1ccc(N(c2ccc(-c3cccc4c3-c3ccccc3C43c4ccccc4-c4ccccc43)cc2)c2ccc3c4ccccc4c4ccccc4c3c2)cc1. The van der Waals surface area contributed by atoms with E-state index in [1.54, 1.807) is 0 Å². The molecule has 0 saturated heterocycles. The molecule has 10 aromatic rings. The van der Waals surface area contributed by atoms with Gasteiger partial charge in [-0.05, 0) is 124 Å². The van der Waals surface area contributed by atoms with Crippen LogP contribution in [0.5, 0.6) is 0 Å². The molecule has 0 atom stereocenters. The number of para-hydroxylation sites is 1. The Morgan fingerprint density at radius 2 is 0.696 bits per heavy atom. The lowest BCUT2D eigenvalue weighted by molar-refractivity contribution is 0.794. The van der Waals surface area contributed by atoms with Crippen LogP contribution in [0.25, 0.3) is 65.7 Å². The van der Waals surface area contributed by atoms with Crippen molar-refractivity contribution in [1.82, 2.24) is 0 Å². The van der Waals surface area contributed by atoms with Gasteiger partial charge in [-0.3, -0.25) is 0 Å². The molecule has 1 nitrogen and oxygen atoms in total. The van der Waals surface area contributed by atoms with Crippen molar-refractivity contribution in [2.45, 2.75) is 5.41 Å². The second-order valence-electron chi connectivity index (χ2n) is 15.2. The summed E-state index contributed by atoms with van der Waals surface area (Å²) in [6, 6.07) is 78.6. The fourth-order valence-corrected chi connectivity index (χ4v) is 10.2. The van der Waals surface area contributed by atoms with E-state index in [0.717, 1.165) is 17.1 Å². The van der Waals surface area contributed by atoms with Crippen molar-refractivity contribution < 1.29 is 0 Å². The van der Waals surface area contributed by atoms with E-state index >= 15 is 0 Å². The highest BCUT2D eigenvalue weighted by atomic mass is 15.1. The van der Waals surface area contributed by atoms with Crippen LogP contribution in [0.15, 0.2) is 212 Å². The summed E-state index contributed by atoms with van der Waals surface area (Å²) in [4.78, 5) is 2.39. The quantitative estimate of drug-likeness (QED) is 0.164. The lowest BCUT2D eigenvalue weighted by Gasteiger charge is -2.30. The summed E-state index contributed by atoms with van der Waals surface area (Å²) in [5.41, 5.74) is 16.3. The molecule has 260 valence electrons. The van der Waals surface area contributed by atoms with Crippen molar-refractivity contribution in [2.75, 3.05) is 4.90 Å². The number of anilines is 3. The van der Waals surface area contributed by atoms with Crippen LogP contribution in [0.3, 0.4) is 0 Å². The monoisotopic (exact) mass is 709 g/mol. The van der Waals surface area contributed by atoms with E-state index in [-0.39, 0.29) is 5.41 Å². The van der Waals surface area contributed by atoms with Gasteiger partial charge in [0.2, 0.25) is 0 Å². The average Bonchev–Trinajstić information content (AvgIpc) is 3.75. The predicted molar refractivity (Wildman–Crippen MR) is 235 cm³/mol. The van der Waals surface area contributed by atoms with Gasteiger partial charge in [0.1, 0.15) is 0 Å². The summed E-state index contributed by atoms with van der Waals surface area (Å²) in [6.07, 6.45) is 0. The van der Waals surface area contributed by atoms with Crippen molar-refractivity contribution >= 4 is 49.4 Å². The molecule has 56 heavy (non-hydrogen) atoms. The summed E-state index contributed by atoms with van der Waals surface area (Å²) in [6.45, 7) is 0. The number of hydrogen-bond donors (Lipinski definition) is 0. The molecule has 0 heterocycles. The van der Waals surface area contributed by atoms with Gasteiger partial charge >= 0.3 is 0 Å². The molecule has 0 bridgehead atoms. The average molecular weight is 710 g/mol. The molecule has 0 radical (unpaired) electrons. The topological polar surface area (TPSA) is 3.24 Å². The zero-order chi connectivity index (χ0) is 36.8. The molecule has 2 aliphatic rings. The first-order valence-corrected chi connectivity index (χ1v) is 19.5. The number of benzene rings is 10. The van der Waals surface area contributed by atoms with Gasteiger partial charge in [0.05, 0.1) is 5.41 Å². The van der Waals surface area contributed by atoms with Crippen LogP contribution in [-0.2, 0) is 5.41 Å². The molecular formula is C55H35N. The van der Waals surface area contributed by atoms with Crippen LogP contribution in [0.2, 0.25) is 0 Å². The smallest absolute Gasteiger partial charge is 0.0725 e. The van der Waals surface area contributed by atoms with E-state index in [0.29, 0.717) is 0 Å². The van der Waals surface area contributed by atoms with Crippen molar-refractivity contribution in [3.8, 4) is 33.4 Å². The summed E-state index contributed by atoms with van der Waals surface area (Å²) in [5, 5.41) is 7.67. The third kappa shape index (κ3) is 4.20.